The van der Waals surface area contributed by atoms with Gasteiger partial charge in [-0.2, -0.15) is 4.37 Å². The molecule has 5 nitrogen and oxygen atoms in total. The summed E-state index contributed by atoms with van der Waals surface area (Å²) in [4.78, 5) is 8.88. The van der Waals surface area contributed by atoms with E-state index >= 15 is 0 Å². The minimum atomic E-state index is 0.438. The van der Waals surface area contributed by atoms with Crippen molar-refractivity contribution in [1.82, 2.24) is 13.9 Å². The van der Waals surface area contributed by atoms with Crippen LogP contribution >= 0.6 is 32.5 Å². The van der Waals surface area contributed by atoms with Crippen LogP contribution in [0.2, 0.25) is 5.15 Å². The minimum absolute atomic E-state index is 0.438. The predicted molar refractivity (Wildman–Crippen MR) is 102 cm³/mol. The van der Waals surface area contributed by atoms with Crippen LogP contribution in [-0.2, 0) is 6.54 Å². The van der Waals surface area contributed by atoms with Crippen LogP contribution < -0.4 is 9.41 Å². The molecule has 0 radical (unpaired) electrons. The third kappa shape index (κ3) is 3.73. The van der Waals surface area contributed by atoms with E-state index in [0.717, 1.165) is 29.0 Å². The van der Waals surface area contributed by atoms with Crippen LogP contribution in [0.4, 0.5) is 5.69 Å². The summed E-state index contributed by atoms with van der Waals surface area (Å²) in [5.41, 5.74) is 2.89. The van der Waals surface area contributed by atoms with Crippen molar-refractivity contribution in [2.75, 3.05) is 6.61 Å². The topological polar surface area (TPSA) is 52.3 Å². The smallest absolute Gasteiger partial charge is 0.179 e. The van der Waals surface area contributed by atoms with Gasteiger partial charge in [-0.15, -0.1) is 0 Å². The van der Waals surface area contributed by atoms with E-state index in [1.165, 1.54) is 20.9 Å². The van der Waals surface area contributed by atoms with Crippen molar-refractivity contribution >= 4 is 49.2 Å². The highest BCUT2D eigenvalue weighted by Gasteiger charge is 2.03. The first-order chi connectivity index (χ1) is 12.3. The van der Waals surface area contributed by atoms with Crippen LogP contribution in [0.3, 0.4) is 0 Å². The fourth-order valence-corrected chi connectivity index (χ4v) is 4.43. The van der Waals surface area contributed by atoms with Crippen molar-refractivity contribution in [2.24, 2.45) is 4.99 Å². The van der Waals surface area contributed by atoms with Crippen molar-refractivity contribution in [1.29, 1.82) is 0 Å². The average molecular weight is 389 g/mol. The summed E-state index contributed by atoms with van der Waals surface area (Å²) in [5, 5.41) is 0.438. The summed E-state index contributed by atoms with van der Waals surface area (Å²) < 4.78 is 12.7. The maximum atomic E-state index is 5.99. The van der Waals surface area contributed by atoms with Crippen molar-refractivity contribution in [2.45, 2.75) is 6.54 Å². The molecule has 0 atom stereocenters. The predicted octanol–water partition coefficient (Wildman–Crippen LogP) is 4.52. The maximum absolute atomic E-state index is 5.99. The number of ether oxygens (including phenoxy) is 1. The highest BCUT2D eigenvalue weighted by molar-refractivity contribution is 7.66. The Morgan fingerprint density at radius 3 is 2.96 bits per heavy atom. The molecule has 25 heavy (non-hydrogen) atoms. The van der Waals surface area contributed by atoms with Gasteiger partial charge >= 0.3 is 0 Å². The van der Waals surface area contributed by atoms with E-state index in [0.29, 0.717) is 16.4 Å². The summed E-state index contributed by atoms with van der Waals surface area (Å²) >= 11 is 5.99. The number of nitrogens with zero attached hydrogens (tertiary/aromatic N) is 4. The molecule has 0 spiro atoms. The van der Waals surface area contributed by atoms with E-state index < -0.39 is 0 Å². The molecule has 0 saturated heterocycles. The van der Waals surface area contributed by atoms with Gasteiger partial charge in [-0.05, 0) is 34.6 Å². The molecule has 0 aliphatic rings. The second-order valence-electron chi connectivity index (χ2n) is 5.23. The summed E-state index contributed by atoms with van der Waals surface area (Å²) in [6, 6.07) is 15.7. The summed E-state index contributed by atoms with van der Waals surface area (Å²) in [5.74, 6) is 0.773. The summed E-state index contributed by atoms with van der Waals surface area (Å²) in [6.45, 7) is 1.28. The molecule has 2 aromatic carbocycles. The molecule has 0 N–H and O–H groups in total. The second-order valence-corrected chi connectivity index (χ2v) is 7.42. The lowest BCUT2D eigenvalue weighted by atomic mass is 10.3. The van der Waals surface area contributed by atoms with E-state index in [-0.39, 0.29) is 0 Å². The quantitative estimate of drug-likeness (QED) is 0.472. The summed E-state index contributed by atoms with van der Waals surface area (Å²) in [7, 11) is 2.78. The molecular weight excluding hydrogens is 376 g/mol. The van der Waals surface area contributed by atoms with Crippen molar-refractivity contribution in [3.05, 3.63) is 64.7 Å². The monoisotopic (exact) mass is 388 g/mol. The third-order valence-electron chi connectivity index (χ3n) is 3.59. The molecule has 0 amide bonds. The number of hydrogen-bond donors (Lipinski definition) is 0. The van der Waals surface area contributed by atoms with E-state index in [4.69, 9.17) is 16.3 Å². The van der Waals surface area contributed by atoms with E-state index in [1.54, 1.807) is 0 Å². The Hall–Kier alpha value is -2.22. The number of para-hydroxylation sites is 2. The number of aromatic nitrogens is 3. The Balaban J connectivity index is 1.45. The molecule has 0 fully saturated rings. The van der Waals surface area contributed by atoms with Gasteiger partial charge in [0.2, 0.25) is 0 Å². The first kappa shape index (κ1) is 16.3. The van der Waals surface area contributed by atoms with Gasteiger partial charge in [-0.1, -0.05) is 29.8 Å². The average Bonchev–Trinajstić information content (AvgIpc) is 3.22. The summed E-state index contributed by atoms with van der Waals surface area (Å²) in [6.07, 6.45) is 1.84. The lowest BCUT2D eigenvalue weighted by Gasteiger charge is -2.08. The number of fused-ring (bicyclic) bond motifs is 1. The number of halogens is 1. The van der Waals surface area contributed by atoms with Crippen molar-refractivity contribution < 1.29 is 4.74 Å². The molecule has 126 valence electrons. The molecule has 0 unspecified atom stereocenters. The zero-order valence-electron chi connectivity index (χ0n) is 13.0. The van der Waals surface area contributed by atoms with Crippen LogP contribution in [-0.4, -0.2) is 20.5 Å². The molecule has 0 bridgehead atoms. The maximum Gasteiger partial charge on any atom is 0.179 e. The first-order valence-electron chi connectivity index (χ1n) is 7.58. The van der Waals surface area contributed by atoms with Gasteiger partial charge in [0.25, 0.3) is 0 Å². The molecule has 0 saturated carbocycles. The molecule has 4 rings (SSSR count). The van der Waals surface area contributed by atoms with Crippen LogP contribution in [0, 0.1) is 0 Å². The number of imidazole rings is 1. The van der Waals surface area contributed by atoms with Gasteiger partial charge in [-0.25, -0.2) is 9.98 Å². The van der Waals surface area contributed by atoms with E-state index in [1.807, 2.05) is 48.8 Å². The molecule has 4 aromatic rings. The Morgan fingerprint density at radius 1 is 1.16 bits per heavy atom. The number of hydrogen-bond acceptors (Lipinski definition) is 6. The molecule has 0 aliphatic heterocycles. The Bertz CT molecular complexity index is 1070. The molecular formula is C17H13ClN4OS2. The second kappa shape index (κ2) is 7.35. The normalized spacial score (nSPS) is 12.0. The van der Waals surface area contributed by atoms with Gasteiger partial charge < -0.3 is 9.30 Å². The van der Waals surface area contributed by atoms with Gasteiger partial charge in [0.15, 0.2) is 9.82 Å². The Kier molecular flexibility index (Phi) is 4.78. The van der Waals surface area contributed by atoms with Crippen LogP contribution in [0.25, 0.3) is 11.0 Å². The fraction of sp³-hybridized carbons (Fsp3) is 0.118. The Morgan fingerprint density at radius 2 is 2.08 bits per heavy atom. The molecule has 2 aromatic heterocycles. The van der Waals surface area contributed by atoms with Crippen LogP contribution in [0.5, 0.6) is 5.75 Å². The van der Waals surface area contributed by atoms with Gasteiger partial charge in [0.05, 0.1) is 29.6 Å². The number of benzene rings is 2. The molecule has 0 aliphatic carbocycles. The van der Waals surface area contributed by atoms with E-state index in [2.05, 4.69) is 25.0 Å². The highest BCUT2D eigenvalue weighted by Crippen LogP contribution is 2.20. The van der Waals surface area contributed by atoms with Crippen molar-refractivity contribution in [3.63, 3.8) is 0 Å². The van der Waals surface area contributed by atoms with Gasteiger partial charge in [0.1, 0.15) is 12.4 Å². The standard InChI is InChI=1S/C17H13ClN4OS2/c18-16-17(24-25-21-16)20-12-4-3-5-13(10-12)23-9-8-22-11-19-14-6-1-2-7-15(14)22/h1-7,10-11H,8-9H2. The fourth-order valence-electron chi connectivity index (χ4n) is 2.44. The van der Waals surface area contributed by atoms with Crippen LogP contribution in [0.15, 0.2) is 59.9 Å². The highest BCUT2D eigenvalue weighted by atomic mass is 35.5. The zero-order chi connectivity index (χ0) is 17.1. The lowest BCUT2D eigenvalue weighted by Crippen LogP contribution is -2.07. The van der Waals surface area contributed by atoms with Crippen LogP contribution in [0.1, 0.15) is 0 Å². The molecule has 2 heterocycles. The Labute approximate surface area is 156 Å². The largest absolute Gasteiger partial charge is 0.492 e. The number of rotatable bonds is 5. The zero-order valence-corrected chi connectivity index (χ0v) is 15.4. The molecule has 8 heteroatoms. The minimum Gasteiger partial charge on any atom is -0.492 e. The van der Waals surface area contributed by atoms with Gasteiger partial charge in [0, 0.05) is 16.6 Å². The van der Waals surface area contributed by atoms with E-state index in [9.17, 15) is 0 Å². The van der Waals surface area contributed by atoms with Gasteiger partial charge in [-0.3, -0.25) is 0 Å². The third-order valence-corrected chi connectivity index (χ3v) is 5.76. The van der Waals surface area contributed by atoms with Crippen molar-refractivity contribution in [3.8, 4) is 5.75 Å². The lowest BCUT2D eigenvalue weighted by molar-refractivity contribution is 0.300. The SMILES string of the molecule is Clc1nssc1=Nc1cccc(OCCn2cnc3ccccc32)c1. The first-order valence-corrected chi connectivity index (χ1v) is 10.1.